The number of para-hydroxylation sites is 6. The number of fused-ring (bicyclic) bond motifs is 7. The zero-order valence-corrected chi connectivity index (χ0v) is 33.4. The van der Waals surface area contributed by atoms with E-state index in [9.17, 15) is 0 Å². The van der Waals surface area contributed by atoms with E-state index >= 15 is 4.57 Å². The Labute approximate surface area is 347 Å². The number of hydrogen-bond acceptors (Lipinski definition) is 1. The Morgan fingerprint density at radius 2 is 0.700 bits per heavy atom. The highest BCUT2D eigenvalue weighted by Crippen LogP contribution is 2.70. The summed E-state index contributed by atoms with van der Waals surface area (Å²) in [6, 6.07) is 78.3. The topological polar surface area (TPSA) is 33.4 Å². The van der Waals surface area contributed by atoms with E-state index in [-0.39, 0.29) is 0 Å². The molecule has 0 radical (unpaired) electrons. The Morgan fingerprint density at radius 3 is 1.25 bits per heavy atom. The maximum atomic E-state index is 16.9. The van der Waals surface area contributed by atoms with Crippen molar-refractivity contribution in [3.63, 3.8) is 0 Å². The van der Waals surface area contributed by atoms with Gasteiger partial charge in [-0.25, -0.2) is 0 Å². The number of benzene rings is 9. The number of anilines is 4. The van der Waals surface area contributed by atoms with Gasteiger partial charge in [0.1, 0.15) is 0 Å². The molecule has 12 rings (SSSR count). The molecule has 60 heavy (non-hydrogen) atoms. The van der Waals surface area contributed by atoms with Crippen LogP contribution >= 0.6 is 7.44 Å². The zero-order valence-electron chi connectivity index (χ0n) is 32.5. The van der Waals surface area contributed by atoms with Crippen LogP contribution in [-0.2, 0) is 4.57 Å². The standard InChI is InChI=1S/C54H37N4OP/c59-60(44-31-34-52-48(37-44)46-26-14-16-28-50(46)56(52)41-19-7-2-8-20-41)57(42-21-9-3-10-22-42)53-33-30-39(36-54(53)58(60)43-23-11-4-12-24-43)38-29-32-51-47(35-38)45-25-13-15-27-49(45)55(51)40-17-5-1-6-18-40/h1-37H. The van der Waals surface area contributed by atoms with Crippen LogP contribution < -0.4 is 14.6 Å². The first-order valence-corrected chi connectivity index (χ1v) is 21.9. The molecule has 5 nitrogen and oxygen atoms in total. The van der Waals surface area contributed by atoms with Gasteiger partial charge >= 0.3 is 7.44 Å². The summed E-state index contributed by atoms with van der Waals surface area (Å²) in [4.78, 5) is 0. The molecule has 11 aromatic rings. The highest BCUT2D eigenvalue weighted by atomic mass is 31.2. The highest BCUT2D eigenvalue weighted by molar-refractivity contribution is 7.76. The molecule has 0 bridgehead atoms. The lowest BCUT2D eigenvalue weighted by atomic mass is 10.0. The number of rotatable bonds is 6. The predicted molar refractivity (Wildman–Crippen MR) is 251 cm³/mol. The van der Waals surface area contributed by atoms with Crippen molar-refractivity contribution in [1.29, 1.82) is 0 Å². The Morgan fingerprint density at radius 1 is 0.300 bits per heavy atom. The van der Waals surface area contributed by atoms with E-state index < -0.39 is 7.44 Å². The van der Waals surface area contributed by atoms with Gasteiger partial charge in [0.25, 0.3) is 0 Å². The zero-order chi connectivity index (χ0) is 39.8. The molecule has 0 spiro atoms. The Kier molecular flexibility index (Phi) is 7.75. The fourth-order valence-corrected chi connectivity index (χ4v) is 12.4. The molecule has 1 unspecified atom stereocenters. The van der Waals surface area contributed by atoms with E-state index in [1.807, 2.05) is 42.5 Å². The Hall–Kier alpha value is -7.59. The lowest BCUT2D eigenvalue weighted by molar-refractivity contribution is 0.582. The van der Waals surface area contributed by atoms with E-state index in [2.05, 4.69) is 200 Å². The molecule has 1 atom stereocenters. The van der Waals surface area contributed by atoms with Crippen LogP contribution in [0.3, 0.4) is 0 Å². The van der Waals surface area contributed by atoms with Gasteiger partial charge in [0.15, 0.2) is 0 Å². The third kappa shape index (κ3) is 5.10. The quantitative estimate of drug-likeness (QED) is 0.157. The fraction of sp³-hybridized carbons (Fsp3) is 0. The molecule has 0 fully saturated rings. The lowest BCUT2D eigenvalue weighted by Gasteiger charge is -2.33. The van der Waals surface area contributed by atoms with Crippen LogP contribution in [0.2, 0.25) is 0 Å². The molecule has 0 saturated heterocycles. The van der Waals surface area contributed by atoms with Gasteiger partial charge in [-0.05, 0) is 114 Å². The maximum Gasteiger partial charge on any atom is 0.301 e. The molecule has 3 heterocycles. The number of hydrogen-bond donors (Lipinski definition) is 0. The average Bonchev–Trinajstić information content (AvgIpc) is 3.93. The van der Waals surface area contributed by atoms with Crippen molar-refractivity contribution in [2.24, 2.45) is 0 Å². The third-order valence-electron chi connectivity index (χ3n) is 12.0. The minimum atomic E-state index is -3.67. The van der Waals surface area contributed by atoms with Gasteiger partial charge in [0.05, 0.1) is 38.7 Å². The molecule has 0 aliphatic carbocycles. The van der Waals surface area contributed by atoms with Crippen molar-refractivity contribution < 1.29 is 4.57 Å². The summed E-state index contributed by atoms with van der Waals surface area (Å²) < 4.78 is 25.8. The van der Waals surface area contributed by atoms with Gasteiger partial charge in [0, 0.05) is 44.3 Å². The second-order valence-electron chi connectivity index (χ2n) is 15.4. The van der Waals surface area contributed by atoms with Gasteiger partial charge in [0.2, 0.25) is 0 Å². The van der Waals surface area contributed by atoms with Crippen molar-refractivity contribution in [3.05, 3.63) is 224 Å². The molecule has 0 saturated carbocycles. The first-order valence-electron chi connectivity index (χ1n) is 20.3. The highest BCUT2D eigenvalue weighted by Gasteiger charge is 2.49. The van der Waals surface area contributed by atoms with Gasteiger partial charge in [-0.3, -0.25) is 13.9 Å². The largest absolute Gasteiger partial charge is 0.309 e. The summed E-state index contributed by atoms with van der Waals surface area (Å²) in [5.74, 6) is 0. The van der Waals surface area contributed by atoms with Crippen LogP contribution in [-0.4, -0.2) is 9.13 Å². The second kappa shape index (κ2) is 13.5. The Balaban J connectivity index is 1.08. The summed E-state index contributed by atoms with van der Waals surface area (Å²) in [5.41, 5.74) is 12.4. The SMILES string of the molecule is O=P1(c2ccc3c(c2)c2ccccc2n3-c2ccccc2)N(c2ccccc2)c2ccc(-c3ccc4c(c3)c3ccccc3n4-c3ccccc3)cc2N1c1ccccc1. The van der Waals surface area contributed by atoms with Crippen LogP contribution in [0.1, 0.15) is 0 Å². The van der Waals surface area contributed by atoms with Crippen molar-refractivity contribution in [2.75, 3.05) is 9.34 Å². The van der Waals surface area contributed by atoms with Crippen LogP contribution in [0.4, 0.5) is 22.7 Å². The van der Waals surface area contributed by atoms with E-state index in [4.69, 9.17) is 0 Å². The van der Waals surface area contributed by atoms with Crippen molar-refractivity contribution in [3.8, 4) is 22.5 Å². The van der Waals surface area contributed by atoms with E-state index in [1.165, 1.54) is 16.3 Å². The Bertz CT molecular complexity index is 3470. The molecule has 2 aromatic heterocycles. The lowest BCUT2D eigenvalue weighted by Crippen LogP contribution is -2.26. The van der Waals surface area contributed by atoms with Gasteiger partial charge < -0.3 is 9.13 Å². The summed E-state index contributed by atoms with van der Waals surface area (Å²) in [5, 5.41) is 5.32. The molecule has 9 aromatic carbocycles. The molecular weight excluding hydrogens is 752 g/mol. The minimum absolute atomic E-state index is 0.756. The minimum Gasteiger partial charge on any atom is -0.309 e. The van der Waals surface area contributed by atoms with Gasteiger partial charge in [-0.2, -0.15) is 0 Å². The summed E-state index contributed by atoms with van der Waals surface area (Å²) in [6.07, 6.45) is 0. The normalized spacial score (nSPS) is 15.1. The van der Waals surface area contributed by atoms with Crippen molar-refractivity contribution >= 4 is 79.1 Å². The molecule has 1 aliphatic rings. The fourth-order valence-electron chi connectivity index (χ4n) is 9.40. The monoisotopic (exact) mass is 788 g/mol. The molecule has 0 N–H and O–H groups in total. The van der Waals surface area contributed by atoms with Crippen LogP contribution in [0.25, 0.3) is 66.1 Å². The predicted octanol–water partition coefficient (Wildman–Crippen LogP) is 14.4. The summed E-state index contributed by atoms with van der Waals surface area (Å²) in [7, 11) is -3.67. The van der Waals surface area contributed by atoms with Crippen molar-refractivity contribution in [1.82, 2.24) is 9.13 Å². The van der Waals surface area contributed by atoms with Crippen LogP contribution in [0.5, 0.6) is 0 Å². The molecule has 0 amide bonds. The van der Waals surface area contributed by atoms with Gasteiger partial charge in [-0.15, -0.1) is 0 Å². The van der Waals surface area contributed by atoms with Gasteiger partial charge in [-0.1, -0.05) is 121 Å². The molecular formula is C54H37N4OP. The summed E-state index contributed by atoms with van der Waals surface area (Å²) in [6.45, 7) is 0. The summed E-state index contributed by atoms with van der Waals surface area (Å²) >= 11 is 0. The molecule has 284 valence electrons. The molecule has 6 heteroatoms. The smallest absolute Gasteiger partial charge is 0.301 e. The average molecular weight is 789 g/mol. The first-order chi connectivity index (χ1) is 29.7. The van der Waals surface area contributed by atoms with Crippen LogP contribution in [0, 0.1) is 0 Å². The third-order valence-corrected chi connectivity index (χ3v) is 14.9. The number of aromatic nitrogens is 2. The first kappa shape index (κ1) is 34.5. The maximum absolute atomic E-state index is 16.9. The van der Waals surface area contributed by atoms with Crippen LogP contribution in [0.15, 0.2) is 224 Å². The second-order valence-corrected chi connectivity index (χ2v) is 17.8. The van der Waals surface area contributed by atoms with E-state index in [0.29, 0.717) is 0 Å². The van der Waals surface area contributed by atoms with E-state index in [0.717, 1.165) is 77.9 Å². The van der Waals surface area contributed by atoms with Crippen molar-refractivity contribution in [2.45, 2.75) is 0 Å². The van der Waals surface area contributed by atoms with E-state index in [1.54, 1.807) is 0 Å². The molecule has 1 aliphatic heterocycles. The number of nitrogens with zero attached hydrogens (tertiary/aromatic N) is 4.